The van der Waals surface area contributed by atoms with Crippen molar-refractivity contribution in [1.29, 1.82) is 0 Å². The van der Waals surface area contributed by atoms with Gasteiger partial charge in [-0.15, -0.1) is 11.3 Å². The van der Waals surface area contributed by atoms with Crippen LogP contribution in [-0.4, -0.2) is 39.2 Å². The smallest absolute Gasteiger partial charge is 0.407 e. The van der Waals surface area contributed by atoms with Crippen molar-refractivity contribution in [2.75, 3.05) is 18.4 Å². The third-order valence-electron chi connectivity index (χ3n) is 4.42. The van der Waals surface area contributed by atoms with Gasteiger partial charge in [0.2, 0.25) is 0 Å². The molecule has 0 saturated carbocycles. The van der Waals surface area contributed by atoms with Crippen LogP contribution in [0.4, 0.5) is 10.6 Å². The largest absolute Gasteiger partial charge is 0.444 e. The Morgan fingerprint density at radius 1 is 1.20 bits per heavy atom. The topological polar surface area (TPSA) is 80.5 Å². The maximum absolute atomic E-state index is 11.8. The van der Waals surface area contributed by atoms with Gasteiger partial charge in [0, 0.05) is 29.9 Å². The Labute approximate surface area is 179 Å². The average Bonchev–Trinajstić information content (AvgIpc) is 3.28. The minimum atomic E-state index is -0.515. The predicted octanol–water partition coefficient (Wildman–Crippen LogP) is 4.86. The van der Waals surface area contributed by atoms with Crippen molar-refractivity contribution in [2.24, 2.45) is 0 Å². The number of imidazole rings is 1. The van der Waals surface area contributed by atoms with Crippen molar-refractivity contribution in [1.82, 2.24) is 19.7 Å². The van der Waals surface area contributed by atoms with Gasteiger partial charge in [-0.1, -0.05) is 30.3 Å². The highest BCUT2D eigenvalue weighted by molar-refractivity contribution is 7.21. The Morgan fingerprint density at radius 2 is 1.97 bits per heavy atom. The monoisotopic (exact) mass is 423 g/mol. The number of anilines is 1. The molecule has 0 spiro atoms. The van der Waals surface area contributed by atoms with Crippen molar-refractivity contribution in [2.45, 2.75) is 33.3 Å². The number of aromatic nitrogens is 3. The van der Waals surface area contributed by atoms with Crippen LogP contribution >= 0.6 is 11.3 Å². The summed E-state index contributed by atoms with van der Waals surface area (Å²) >= 11 is 1.70. The summed E-state index contributed by atoms with van der Waals surface area (Å²) in [7, 11) is 0. The molecule has 3 heterocycles. The molecule has 0 aliphatic carbocycles. The van der Waals surface area contributed by atoms with Gasteiger partial charge < -0.3 is 15.4 Å². The molecule has 0 radical (unpaired) electrons. The predicted molar refractivity (Wildman–Crippen MR) is 121 cm³/mol. The number of aryl methyl sites for hydroxylation is 1. The van der Waals surface area contributed by atoms with E-state index in [1.165, 1.54) is 5.56 Å². The van der Waals surface area contributed by atoms with Crippen LogP contribution in [0.2, 0.25) is 0 Å². The second-order valence-corrected chi connectivity index (χ2v) is 9.07. The molecule has 0 fully saturated rings. The number of nitrogens with one attached hydrogen (secondary N) is 2. The van der Waals surface area contributed by atoms with Crippen LogP contribution in [0.25, 0.3) is 26.4 Å². The molecule has 156 valence electrons. The Balaban J connectivity index is 1.57. The minimum Gasteiger partial charge on any atom is -0.444 e. The van der Waals surface area contributed by atoms with Gasteiger partial charge in [0.05, 0.1) is 0 Å². The van der Waals surface area contributed by atoms with Crippen LogP contribution in [-0.2, 0) is 4.74 Å². The number of fused-ring (bicyclic) bond motifs is 3. The van der Waals surface area contributed by atoms with E-state index in [0.29, 0.717) is 18.9 Å². The zero-order chi connectivity index (χ0) is 21.3. The van der Waals surface area contributed by atoms with E-state index in [2.05, 4.69) is 38.2 Å². The molecule has 0 aliphatic heterocycles. The maximum atomic E-state index is 11.8. The molecule has 1 aromatic carbocycles. The van der Waals surface area contributed by atoms with E-state index in [0.717, 1.165) is 26.6 Å². The highest BCUT2D eigenvalue weighted by Crippen LogP contribution is 2.35. The number of rotatable bonds is 5. The van der Waals surface area contributed by atoms with Crippen molar-refractivity contribution in [3.63, 3.8) is 0 Å². The first-order chi connectivity index (χ1) is 14.3. The van der Waals surface area contributed by atoms with E-state index in [-0.39, 0.29) is 0 Å². The second kappa shape index (κ2) is 7.95. The second-order valence-electron chi connectivity index (χ2n) is 8.04. The van der Waals surface area contributed by atoms with E-state index >= 15 is 0 Å². The number of hydrogen-bond donors (Lipinski definition) is 2. The van der Waals surface area contributed by atoms with Crippen molar-refractivity contribution >= 4 is 39.2 Å². The fraction of sp³-hybridized carbons (Fsp3) is 0.318. The van der Waals surface area contributed by atoms with Gasteiger partial charge in [-0.2, -0.15) is 0 Å². The first-order valence-corrected chi connectivity index (χ1v) is 10.7. The van der Waals surface area contributed by atoms with Crippen LogP contribution in [0.15, 0.2) is 42.6 Å². The number of carbonyl (C=O) groups excluding carboxylic acids is 1. The molecule has 3 aromatic heterocycles. The number of nitrogens with zero attached hydrogens (tertiary/aromatic N) is 3. The fourth-order valence-electron chi connectivity index (χ4n) is 3.17. The number of hydrogen-bond acceptors (Lipinski definition) is 6. The maximum Gasteiger partial charge on any atom is 0.407 e. The number of amides is 1. The average molecular weight is 424 g/mol. The molecule has 1 amide bonds. The van der Waals surface area contributed by atoms with Gasteiger partial charge in [0.1, 0.15) is 15.9 Å². The number of alkyl carbamates (subject to hydrolysis) is 1. The Morgan fingerprint density at radius 3 is 2.70 bits per heavy atom. The highest BCUT2D eigenvalue weighted by atomic mass is 32.1. The van der Waals surface area contributed by atoms with E-state index in [1.54, 1.807) is 11.3 Å². The summed E-state index contributed by atoms with van der Waals surface area (Å²) in [4.78, 5) is 23.4. The van der Waals surface area contributed by atoms with E-state index in [4.69, 9.17) is 9.72 Å². The summed E-state index contributed by atoms with van der Waals surface area (Å²) < 4.78 is 7.39. The van der Waals surface area contributed by atoms with Crippen molar-refractivity contribution < 1.29 is 9.53 Å². The number of carbonyl (C=O) groups is 1. The van der Waals surface area contributed by atoms with Gasteiger partial charge in [-0.3, -0.25) is 4.40 Å². The van der Waals surface area contributed by atoms with Crippen LogP contribution in [0.5, 0.6) is 0 Å². The Hall–Kier alpha value is -3.13. The van der Waals surface area contributed by atoms with Gasteiger partial charge in [0.15, 0.2) is 11.5 Å². The molecule has 0 unspecified atom stereocenters. The van der Waals surface area contributed by atoms with E-state index in [1.807, 2.05) is 52.1 Å². The molecule has 8 heteroatoms. The molecule has 4 rings (SSSR count). The molecule has 0 aliphatic rings. The molecule has 0 bridgehead atoms. The number of ether oxygens (including phenoxy) is 1. The molecule has 2 N–H and O–H groups in total. The van der Waals surface area contributed by atoms with Crippen LogP contribution < -0.4 is 10.6 Å². The zero-order valence-corrected chi connectivity index (χ0v) is 18.3. The zero-order valence-electron chi connectivity index (χ0n) is 17.5. The summed E-state index contributed by atoms with van der Waals surface area (Å²) in [5.74, 6) is 0.694. The van der Waals surface area contributed by atoms with Crippen molar-refractivity contribution in [3.8, 4) is 10.4 Å². The first kappa shape index (κ1) is 20.2. The Bertz CT molecular complexity index is 1190. The highest BCUT2D eigenvalue weighted by Gasteiger charge is 2.17. The van der Waals surface area contributed by atoms with Crippen LogP contribution in [0.1, 0.15) is 26.5 Å². The lowest BCUT2D eigenvalue weighted by atomic mass is 10.2. The molecule has 7 nitrogen and oxygen atoms in total. The molecular weight excluding hydrogens is 398 g/mol. The van der Waals surface area contributed by atoms with Gasteiger partial charge in [-0.05, 0) is 39.3 Å². The first-order valence-electron chi connectivity index (χ1n) is 9.85. The van der Waals surface area contributed by atoms with Gasteiger partial charge in [-0.25, -0.2) is 14.8 Å². The lowest BCUT2D eigenvalue weighted by Crippen LogP contribution is -2.35. The lowest BCUT2D eigenvalue weighted by molar-refractivity contribution is 0.0530. The van der Waals surface area contributed by atoms with Crippen molar-refractivity contribution in [3.05, 3.63) is 48.3 Å². The normalized spacial score (nSPS) is 11.7. The summed E-state index contributed by atoms with van der Waals surface area (Å²) in [6.45, 7) is 8.48. The van der Waals surface area contributed by atoms with E-state index < -0.39 is 11.7 Å². The third kappa shape index (κ3) is 4.23. The van der Waals surface area contributed by atoms with Crippen LogP contribution in [0, 0.1) is 6.92 Å². The summed E-state index contributed by atoms with van der Waals surface area (Å²) in [5.41, 5.74) is 3.39. The molecule has 30 heavy (non-hydrogen) atoms. The lowest BCUT2D eigenvalue weighted by Gasteiger charge is -2.19. The molecular formula is C22H25N5O2S. The van der Waals surface area contributed by atoms with Gasteiger partial charge >= 0.3 is 6.09 Å². The molecule has 0 saturated heterocycles. The fourth-order valence-corrected chi connectivity index (χ4v) is 4.33. The summed E-state index contributed by atoms with van der Waals surface area (Å²) in [5, 5.41) is 6.05. The molecule has 0 atom stereocenters. The van der Waals surface area contributed by atoms with E-state index in [9.17, 15) is 4.79 Å². The Kier molecular flexibility index (Phi) is 5.34. The third-order valence-corrected chi connectivity index (χ3v) is 5.58. The summed E-state index contributed by atoms with van der Waals surface area (Å²) in [6, 6.07) is 12.4. The summed E-state index contributed by atoms with van der Waals surface area (Å²) in [6.07, 6.45) is 1.42. The number of benzene rings is 1. The standard InChI is InChI=1S/C22H25N5O2S/c1-14-13-25-19-18(23-10-11-24-21(28)29-22(2,3)4)26-16-12-17(30-20(16)27(14)19)15-8-6-5-7-9-15/h5-9,12-13H,10-11H2,1-4H3,(H,23,26)(H,24,28). The quantitative estimate of drug-likeness (QED) is 0.448. The minimum absolute atomic E-state index is 0.416. The SMILES string of the molecule is Cc1cnc2c(NCCNC(=O)OC(C)(C)C)nc3cc(-c4ccccc4)sc3n12. The van der Waals surface area contributed by atoms with Gasteiger partial charge in [0.25, 0.3) is 0 Å². The molecule has 4 aromatic rings. The van der Waals surface area contributed by atoms with Crippen LogP contribution in [0.3, 0.4) is 0 Å². The number of thiophene rings is 1.